The van der Waals surface area contributed by atoms with Gasteiger partial charge in [0, 0.05) is 0 Å². The molecule has 0 bridgehead atoms. The lowest BCUT2D eigenvalue weighted by molar-refractivity contribution is -0.870. The summed E-state index contributed by atoms with van der Waals surface area (Å²) in [5, 5.41) is 0. The maximum atomic E-state index is 11.7. The van der Waals surface area contributed by atoms with Crippen LogP contribution in [0, 0.1) is 0 Å². The maximum absolute atomic E-state index is 11.7. The molecule has 0 heterocycles. The first kappa shape index (κ1) is 33.8. The highest BCUT2D eigenvalue weighted by Gasteiger charge is 2.12. The molecule has 34 heavy (non-hydrogen) atoms. The van der Waals surface area contributed by atoms with Gasteiger partial charge in [-0.25, -0.2) is 0 Å². The van der Waals surface area contributed by atoms with Crippen LogP contribution >= 0.6 is 7.82 Å². The summed E-state index contributed by atoms with van der Waals surface area (Å²) in [6.45, 7) is 4.82. The molecule has 0 aliphatic carbocycles. The smallest absolute Gasteiger partial charge is 0.268 e. The van der Waals surface area contributed by atoms with Gasteiger partial charge in [-0.15, -0.1) is 6.58 Å². The van der Waals surface area contributed by atoms with E-state index in [0.717, 1.165) is 19.3 Å². The van der Waals surface area contributed by atoms with Crippen molar-refractivity contribution in [2.45, 2.75) is 128 Å². The standard InChI is InChI=1S/C28H58NO4P/c1-5-6-7-8-9-10-11-12-13-14-15-16-17-18-19-20-21-22-23-24-25-27-32-34(30,31)33-28-26-29(2,3)4/h5H,1,6-28H2,2-4H3. The van der Waals surface area contributed by atoms with Crippen molar-refractivity contribution in [1.82, 2.24) is 0 Å². The van der Waals surface area contributed by atoms with Gasteiger partial charge in [0.25, 0.3) is 7.82 Å². The van der Waals surface area contributed by atoms with E-state index in [2.05, 4.69) is 6.58 Å². The Morgan fingerprint density at radius 3 is 1.29 bits per heavy atom. The van der Waals surface area contributed by atoms with E-state index >= 15 is 0 Å². The predicted octanol–water partition coefficient (Wildman–Crippen LogP) is 8.18. The summed E-state index contributed by atoms with van der Waals surface area (Å²) < 4.78 is 22.2. The number of rotatable bonds is 27. The van der Waals surface area contributed by atoms with E-state index in [4.69, 9.17) is 9.05 Å². The summed E-state index contributed by atoms with van der Waals surface area (Å²) in [5.74, 6) is 0. The summed E-state index contributed by atoms with van der Waals surface area (Å²) in [6, 6.07) is 0. The summed E-state index contributed by atoms with van der Waals surface area (Å²) in [4.78, 5) is 11.7. The fourth-order valence-electron chi connectivity index (χ4n) is 4.04. The lowest BCUT2D eigenvalue weighted by atomic mass is 10.0. The van der Waals surface area contributed by atoms with Crippen molar-refractivity contribution >= 4 is 7.82 Å². The van der Waals surface area contributed by atoms with Crippen LogP contribution in [-0.2, 0) is 13.6 Å². The van der Waals surface area contributed by atoms with Crippen molar-refractivity contribution in [2.75, 3.05) is 40.9 Å². The number of hydrogen-bond acceptors (Lipinski definition) is 4. The molecule has 0 amide bonds. The number of allylic oxidation sites excluding steroid dienone is 1. The molecule has 0 aromatic carbocycles. The van der Waals surface area contributed by atoms with Gasteiger partial charge in [-0.1, -0.05) is 115 Å². The molecule has 5 nitrogen and oxygen atoms in total. The van der Waals surface area contributed by atoms with Gasteiger partial charge < -0.3 is 18.4 Å². The highest BCUT2D eigenvalue weighted by Crippen LogP contribution is 2.38. The van der Waals surface area contributed by atoms with E-state index in [0.29, 0.717) is 11.0 Å². The van der Waals surface area contributed by atoms with Gasteiger partial charge in [0.2, 0.25) is 0 Å². The van der Waals surface area contributed by atoms with Crippen LogP contribution in [0.4, 0.5) is 0 Å². The highest BCUT2D eigenvalue weighted by molar-refractivity contribution is 7.45. The molecular formula is C28H58NO4P. The number of phosphoric ester groups is 1. The maximum Gasteiger partial charge on any atom is 0.268 e. The molecule has 0 fully saturated rings. The summed E-state index contributed by atoms with van der Waals surface area (Å²) in [7, 11) is 1.86. The van der Waals surface area contributed by atoms with Gasteiger partial charge in [-0.05, 0) is 19.3 Å². The van der Waals surface area contributed by atoms with Gasteiger partial charge in [0.15, 0.2) is 0 Å². The molecule has 1 atom stereocenters. The summed E-state index contributed by atoms with van der Waals surface area (Å²) >= 11 is 0. The van der Waals surface area contributed by atoms with Crippen LogP contribution in [0.2, 0.25) is 0 Å². The Bertz CT molecular complexity index is 493. The van der Waals surface area contributed by atoms with Crippen molar-refractivity contribution in [1.29, 1.82) is 0 Å². The molecule has 0 saturated carbocycles. The van der Waals surface area contributed by atoms with Gasteiger partial charge in [-0.2, -0.15) is 0 Å². The van der Waals surface area contributed by atoms with E-state index in [1.165, 1.54) is 109 Å². The molecule has 0 aliphatic rings. The first-order valence-corrected chi connectivity index (χ1v) is 15.7. The third-order valence-corrected chi connectivity index (χ3v) is 7.31. The van der Waals surface area contributed by atoms with E-state index < -0.39 is 7.82 Å². The fraction of sp³-hybridized carbons (Fsp3) is 0.929. The van der Waals surface area contributed by atoms with Crippen LogP contribution in [0.1, 0.15) is 128 Å². The Labute approximate surface area is 212 Å². The van der Waals surface area contributed by atoms with E-state index in [1.807, 2.05) is 27.2 Å². The second kappa shape index (κ2) is 23.2. The van der Waals surface area contributed by atoms with Crippen LogP contribution in [0.15, 0.2) is 12.7 Å². The third-order valence-electron chi connectivity index (χ3n) is 6.31. The molecule has 1 unspecified atom stereocenters. The van der Waals surface area contributed by atoms with E-state index in [1.54, 1.807) is 0 Å². The SMILES string of the molecule is C=CCCCCCCCCCCCCCCCCCCCCCOP(=O)([O-])OCC[N+](C)(C)C. The molecule has 0 N–H and O–H groups in total. The highest BCUT2D eigenvalue weighted by atomic mass is 31.2. The van der Waals surface area contributed by atoms with Gasteiger partial charge in [0.1, 0.15) is 13.2 Å². The molecule has 0 aromatic rings. The molecule has 0 aromatic heterocycles. The van der Waals surface area contributed by atoms with Crippen molar-refractivity contribution in [3.05, 3.63) is 12.7 Å². The zero-order valence-corrected chi connectivity index (χ0v) is 24.0. The Hall–Kier alpha value is -0.190. The number of phosphoric acid groups is 1. The molecule has 0 rings (SSSR count). The molecular weight excluding hydrogens is 445 g/mol. The summed E-state index contributed by atoms with van der Waals surface area (Å²) in [6.07, 6.45) is 28.2. The van der Waals surface area contributed by atoms with E-state index in [-0.39, 0.29) is 13.2 Å². The minimum atomic E-state index is -4.14. The topological polar surface area (TPSA) is 58.6 Å². The minimum Gasteiger partial charge on any atom is -0.756 e. The number of likely N-dealkylation sites (N-methyl/N-ethyl adjacent to an activating group) is 1. The van der Waals surface area contributed by atoms with Gasteiger partial charge in [-0.3, -0.25) is 4.57 Å². The summed E-state index contributed by atoms with van der Waals surface area (Å²) in [5.41, 5.74) is 0. The predicted molar refractivity (Wildman–Crippen MR) is 145 cm³/mol. The van der Waals surface area contributed by atoms with Crippen LogP contribution < -0.4 is 4.89 Å². The lowest BCUT2D eigenvalue weighted by Gasteiger charge is -2.27. The number of unbranched alkanes of at least 4 members (excludes halogenated alkanes) is 19. The average molecular weight is 504 g/mol. The average Bonchev–Trinajstić information content (AvgIpc) is 2.76. The number of nitrogens with zero attached hydrogens (tertiary/aromatic N) is 1. The third kappa shape index (κ3) is 28.1. The second-order valence-electron chi connectivity index (χ2n) is 10.9. The number of hydrogen-bond donors (Lipinski definition) is 0. The first-order chi connectivity index (χ1) is 16.3. The zero-order valence-electron chi connectivity index (χ0n) is 23.1. The first-order valence-electron chi connectivity index (χ1n) is 14.3. The van der Waals surface area contributed by atoms with E-state index in [9.17, 15) is 9.46 Å². The Morgan fingerprint density at radius 1 is 0.618 bits per heavy atom. The largest absolute Gasteiger partial charge is 0.756 e. The zero-order chi connectivity index (χ0) is 25.4. The molecule has 6 heteroatoms. The monoisotopic (exact) mass is 503 g/mol. The van der Waals surface area contributed by atoms with Crippen LogP contribution in [0.3, 0.4) is 0 Å². The fourth-order valence-corrected chi connectivity index (χ4v) is 4.77. The molecule has 0 radical (unpaired) electrons. The van der Waals surface area contributed by atoms with Crippen molar-refractivity contribution in [3.63, 3.8) is 0 Å². The van der Waals surface area contributed by atoms with Gasteiger partial charge in [0.05, 0.1) is 27.7 Å². The van der Waals surface area contributed by atoms with Crippen molar-refractivity contribution in [3.8, 4) is 0 Å². The van der Waals surface area contributed by atoms with Crippen LogP contribution in [-0.4, -0.2) is 45.4 Å². The normalized spacial score (nSPS) is 13.8. The van der Waals surface area contributed by atoms with Crippen LogP contribution in [0.25, 0.3) is 0 Å². The molecule has 0 saturated heterocycles. The molecule has 0 aliphatic heterocycles. The Morgan fingerprint density at radius 2 is 0.941 bits per heavy atom. The van der Waals surface area contributed by atoms with Crippen molar-refractivity contribution < 1.29 is 23.0 Å². The Kier molecular flexibility index (Phi) is 23.1. The Balaban J connectivity index is 3.23. The molecule has 0 spiro atoms. The van der Waals surface area contributed by atoms with Crippen LogP contribution in [0.5, 0.6) is 0 Å². The number of quaternary nitrogens is 1. The second-order valence-corrected chi connectivity index (χ2v) is 12.3. The quantitative estimate of drug-likeness (QED) is 0.0491. The lowest BCUT2D eigenvalue weighted by Crippen LogP contribution is -2.37. The minimum absolute atomic E-state index is 0.168. The van der Waals surface area contributed by atoms with Crippen molar-refractivity contribution in [2.24, 2.45) is 0 Å². The van der Waals surface area contributed by atoms with Gasteiger partial charge >= 0.3 is 0 Å². The molecule has 204 valence electrons.